The number of thioether (sulfide) groups is 1. The number of hydrogen-bond acceptors (Lipinski definition) is 5. The van der Waals surface area contributed by atoms with Gasteiger partial charge in [0.25, 0.3) is 0 Å². The predicted molar refractivity (Wildman–Crippen MR) is 132 cm³/mol. The number of halogens is 5. The molecule has 0 saturated carbocycles. The Hall–Kier alpha value is -1.35. The molecule has 0 aliphatic rings. The van der Waals surface area contributed by atoms with Crippen molar-refractivity contribution in [1.29, 1.82) is 0 Å². The van der Waals surface area contributed by atoms with Gasteiger partial charge in [-0.25, -0.2) is 0 Å². The molecule has 1 heterocycles. The zero-order chi connectivity index (χ0) is 23.4. The number of nitrogens with one attached hydrogen (secondary N) is 1. The molecule has 2 aromatic carbocycles. The van der Waals surface area contributed by atoms with Crippen LogP contribution in [0.3, 0.4) is 0 Å². The highest BCUT2D eigenvalue weighted by molar-refractivity contribution is 7.99. The number of ether oxygens (including phenoxy) is 1. The first-order chi connectivity index (χ1) is 15.2. The summed E-state index contributed by atoms with van der Waals surface area (Å²) in [6.45, 7) is 4.38. The van der Waals surface area contributed by atoms with Gasteiger partial charge in [-0.1, -0.05) is 69.8 Å². The minimum Gasteiger partial charge on any atom is -0.481 e. The van der Waals surface area contributed by atoms with E-state index >= 15 is 0 Å². The summed E-state index contributed by atoms with van der Waals surface area (Å²) in [5.41, 5.74) is 0.381. The van der Waals surface area contributed by atoms with Crippen LogP contribution < -0.4 is 10.1 Å². The number of nitrogens with zero attached hydrogens (tertiary/aromatic N) is 3. The number of anilines is 1. The first-order valence-corrected chi connectivity index (χ1v) is 12.2. The van der Waals surface area contributed by atoms with Crippen LogP contribution in [0.15, 0.2) is 35.5 Å². The summed E-state index contributed by atoms with van der Waals surface area (Å²) < 4.78 is 7.81. The molecule has 32 heavy (non-hydrogen) atoms. The van der Waals surface area contributed by atoms with E-state index in [2.05, 4.69) is 15.5 Å². The smallest absolute Gasteiger partial charge is 0.234 e. The van der Waals surface area contributed by atoms with E-state index in [1.165, 1.54) is 23.9 Å². The van der Waals surface area contributed by atoms with Gasteiger partial charge in [-0.15, -0.1) is 10.2 Å². The summed E-state index contributed by atoms with van der Waals surface area (Å²) in [6, 6.07) is 7.97. The van der Waals surface area contributed by atoms with E-state index in [1.54, 1.807) is 18.2 Å². The molecule has 12 heteroatoms. The van der Waals surface area contributed by atoms with Crippen molar-refractivity contribution >= 4 is 81.4 Å². The minimum absolute atomic E-state index is 0.0902. The fraction of sp³-hybridized carbons (Fsp3) is 0.250. The Bertz CT molecular complexity index is 1140. The molecule has 1 atom stereocenters. The summed E-state index contributed by atoms with van der Waals surface area (Å²) in [4.78, 5) is 12.4. The highest BCUT2D eigenvalue weighted by Gasteiger charge is 2.20. The third-order valence-electron chi connectivity index (χ3n) is 4.24. The summed E-state index contributed by atoms with van der Waals surface area (Å²) in [5, 5.41) is 13.6. The Kier molecular flexibility index (Phi) is 8.83. The van der Waals surface area contributed by atoms with E-state index in [9.17, 15) is 4.79 Å². The lowest BCUT2D eigenvalue weighted by atomic mass is 10.3. The molecule has 1 N–H and O–H groups in total. The Morgan fingerprint density at radius 3 is 2.47 bits per heavy atom. The van der Waals surface area contributed by atoms with Crippen molar-refractivity contribution in [2.75, 3.05) is 11.1 Å². The SMILES string of the molecule is CCn1c(SCC(=O)Nc2cc(Cl)c(Cl)cc2Cl)nnc1C(C)Oc1ccc(Cl)cc1Cl. The number of carbonyl (C=O) groups is 1. The Labute approximate surface area is 214 Å². The van der Waals surface area contributed by atoms with Gasteiger partial charge in [-0.05, 0) is 44.2 Å². The standard InChI is InChI=1S/C20H17Cl5N4O2S/c1-3-29-19(10(2)31-17-5-4-11(21)6-15(17)25)27-28-20(29)32-9-18(30)26-16-8-13(23)12(22)7-14(16)24/h4-8,10H,3,9H2,1-2H3,(H,26,30). The van der Waals surface area contributed by atoms with E-state index < -0.39 is 6.10 Å². The van der Waals surface area contributed by atoms with Crippen LogP contribution in [0.1, 0.15) is 25.8 Å². The summed E-state index contributed by atoms with van der Waals surface area (Å²) in [5.74, 6) is 0.905. The van der Waals surface area contributed by atoms with Crippen molar-refractivity contribution in [3.63, 3.8) is 0 Å². The zero-order valence-corrected chi connectivity index (χ0v) is 21.4. The molecule has 0 saturated heterocycles. The fourth-order valence-corrected chi connectivity index (χ4v) is 4.61. The lowest BCUT2D eigenvalue weighted by Crippen LogP contribution is -2.15. The van der Waals surface area contributed by atoms with Crippen molar-refractivity contribution in [2.24, 2.45) is 0 Å². The molecule has 0 spiro atoms. The van der Waals surface area contributed by atoms with Crippen molar-refractivity contribution in [3.05, 3.63) is 61.3 Å². The largest absolute Gasteiger partial charge is 0.481 e. The van der Waals surface area contributed by atoms with Crippen LogP contribution in [0, 0.1) is 0 Å². The average molecular weight is 555 g/mol. The Morgan fingerprint density at radius 2 is 1.78 bits per heavy atom. The quantitative estimate of drug-likeness (QED) is 0.232. The molecule has 0 aliphatic heterocycles. The van der Waals surface area contributed by atoms with Gasteiger partial charge in [0.05, 0.1) is 31.5 Å². The predicted octanol–water partition coefficient (Wildman–Crippen LogP) is 7.44. The molecule has 1 aromatic heterocycles. The second-order valence-electron chi connectivity index (χ2n) is 6.50. The minimum atomic E-state index is -0.431. The van der Waals surface area contributed by atoms with Crippen molar-refractivity contribution in [3.8, 4) is 5.75 Å². The lowest BCUT2D eigenvalue weighted by Gasteiger charge is -2.16. The third-order valence-corrected chi connectivity index (χ3v) is 6.77. The van der Waals surface area contributed by atoms with Gasteiger partial charge in [0, 0.05) is 11.6 Å². The van der Waals surface area contributed by atoms with Crippen molar-refractivity contribution in [2.45, 2.75) is 31.7 Å². The number of benzene rings is 2. The number of aromatic nitrogens is 3. The van der Waals surface area contributed by atoms with Crippen LogP contribution in [0.2, 0.25) is 25.1 Å². The Balaban J connectivity index is 1.67. The van der Waals surface area contributed by atoms with E-state index in [0.717, 1.165) is 0 Å². The molecule has 6 nitrogen and oxygen atoms in total. The molecule has 0 radical (unpaired) electrons. The third kappa shape index (κ3) is 6.16. The molecular formula is C20H17Cl5N4O2S. The second-order valence-corrected chi connectivity index (χ2v) is 9.51. The van der Waals surface area contributed by atoms with Crippen LogP contribution in [0.5, 0.6) is 5.75 Å². The average Bonchev–Trinajstić information content (AvgIpc) is 3.15. The maximum Gasteiger partial charge on any atom is 0.234 e. The molecule has 3 aromatic rings. The fourth-order valence-electron chi connectivity index (χ4n) is 2.75. The first-order valence-electron chi connectivity index (χ1n) is 9.31. The van der Waals surface area contributed by atoms with Crippen LogP contribution >= 0.6 is 69.8 Å². The number of carbonyl (C=O) groups excluding carboxylic acids is 1. The van der Waals surface area contributed by atoms with Crippen LogP contribution in [0.25, 0.3) is 0 Å². The second kappa shape index (κ2) is 11.2. The summed E-state index contributed by atoms with van der Waals surface area (Å²) >= 11 is 31.4. The molecule has 3 rings (SSSR count). The highest BCUT2D eigenvalue weighted by atomic mass is 35.5. The van der Waals surface area contributed by atoms with Gasteiger partial charge < -0.3 is 14.6 Å². The molecular weight excluding hydrogens is 538 g/mol. The summed E-state index contributed by atoms with van der Waals surface area (Å²) in [7, 11) is 0. The maximum absolute atomic E-state index is 12.4. The van der Waals surface area contributed by atoms with E-state index in [1.807, 2.05) is 18.4 Å². The topological polar surface area (TPSA) is 69.0 Å². The number of amides is 1. The van der Waals surface area contributed by atoms with Crippen LogP contribution in [0.4, 0.5) is 5.69 Å². The van der Waals surface area contributed by atoms with Crippen molar-refractivity contribution in [1.82, 2.24) is 14.8 Å². The van der Waals surface area contributed by atoms with Crippen molar-refractivity contribution < 1.29 is 9.53 Å². The number of rotatable bonds is 8. The first kappa shape index (κ1) is 25.3. The van der Waals surface area contributed by atoms with E-state index in [4.69, 9.17) is 62.7 Å². The molecule has 170 valence electrons. The van der Waals surface area contributed by atoms with Gasteiger partial charge in [-0.2, -0.15) is 0 Å². The van der Waals surface area contributed by atoms with Gasteiger partial charge in [0.1, 0.15) is 5.75 Å². The highest BCUT2D eigenvalue weighted by Crippen LogP contribution is 2.33. The monoisotopic (exact) mass is 552 g/mol. The van der Waals surface area contributed by atoms with Crippen LogP contribution in [-0.4, -0.2) is 26.4 Å². The molecule has 0 aliphatic carbocycles. The lowest BCUT2D eigenvalue weighted by molar-refractivity contribution is -0.113. The summed E-state index contributed by atoms with van der Waals surface area (Å²) in [6.07, 6.45) is -0.431. The zero-order valence-electron chi connectivity index (χ0n) is 16.8. The van der Waals surface area contributed by atoms with E-state index in [-0.39, 0.29) is 11.7 Å². The van der Waals surface area contributed by atoms with E-state index in [0.29, 0.717) is 54.1 Å². The van der Waals surface area contributed by atoms with Gasteiger partial charge >= 0.3 is 0 Å². The normalized spacial score (nSPS) is 12.0. The van der Waals surface area contributed by atoms with Crippen LogP contribution in [-0.2, 0) is 11.3 Å². The Morgan fingerprint density at radius 1 is 1.06 bits per heavy atom. The molecule has 1 amide bonds. The molecule has 1 unspecified atom stereocenters. The molecule has 0 fully saturated rings. The van der Waals surface area contributed by atoms with Gasteiger partial charge in [0.2, 0.25) is 5.91 Å². The maximum atomic E-state index is 12.4. The van der Waals surface area contributed by atoms with Gasteiger partial charge in [0.15, 0.2) is 17.1 Å². The number of hydrogen-bond donors (Lipinski definition) is 1. The molecule has 0 bridgehead atoms. The van der Waals surface area contributed by atoms with Gasteiger partial charge in [-0.3, -0.25) is 4.79 Å².